The predicted octanol–water partition coefficient (Wildman–Crippen LogP) is 2.18. The van der Waals surface area contributed by atoms with Crippen molar-refractivity contribution in [1.29, 1.82) is 0 Å². The molecule has 23 heavy (non-hydrogen) atoms. The fourth-order valence-corrected chi connectivity index (χ4v) is 2.57. The molecule has 2 amide bonds. The Balaban J connectivity index is 2.75. The minimum Gasteiger partial charge on any atom is -0.447 e. The molecule has 0 aromatic rings. The van der Waals surface area contributed by atoms with Crippen LogP contribution in [0.1, 0.15) is 47.5 Å². The number of ether oxygens (including phenoxy) is 2. The third kappa shape index (κ3) is 6.60. The highest BCUT2D eigenvalue weighted by atomic mass is 32.1. The number of likely N-dealkylation sites (tertiary alicyclic amines) is 1. The van der Waals surface area contributed by atoms with Gasteiger partial charge in [0, 0.05) is 6.54 Å². The van der Waals surface area contributed by atoms with Crippen molar-refractivity contribution < 1.29 is 19.1 Å². The summed E-state index contributed by atoms with van der Waals surface area (Å²) in [4.78, 5) is 25.8. The van der Waals surface area contributed by atoms with Gasteiger partial charge in [-0.15, -0.1) is 0 Å². The summed E-state index contributed by atoms with van der Waals surface area (Å²) in [5, 5.41) is 2.76. The maximum atomic E-state index is 12.4. The van der Waals surface area contributed by atoms with Crippen molar-refractivity contribution in [2.75, 3.05) is 6.54 Å². The highest BCUT2D eigenvalue weighted by molar-refractivity contribution is 7.80. The first-order valence-corrected chi connectivity index (χ1v) is 8.16. The number of amides is 2. The molecule has 1 aliphatic heterocycles. The van der Waals surface area contributed by atoms with Crippen LogP contribution in [0.15, 0.2) is 0 Å². The van der Waals surface area contributed by atoms with Gasteiger partial charge in [0.15, 0.2) is 0 Å². The Labute approximate surface area is 142 Å². The van der Waals surface area contributed by atoms with E-state index in [9.17, 15) is 9.59 Å². The predicted molar refractivity (Wildman–Crippen MR) is 91.3 cm³/mol. The number of rotatable bonds is 3. The highest BCUT2D eigenvalue weighted by Crippen LogP contribution is 2.21. The Morgan fingerprint density at radius 1 is 1.30 bits per heavy atom. The van der Waals surface area contributed by atoms with E-state index < -0.39 is 17.8 Å². The molecule has 1 saturated heterocycles. The number of nitrogens with zero attached hydrogens (tertiary/aromatic N) is 1. The normalized spacial score (nSPS) is 21.7. The minimum absolute atomic E-state index is 0.204. The van der Waals surface area contributed by atoms with Gasteiger partial charge in [0.25, 0.3) is 0 Å². The van der Waals surface area contributed by atoms with Gasteiger partial charge in [-0.05, 0) is 47.5 Å². The number of carbonyl (C=O) groups excluding carboxylic acids is 2. The van der Waals surface area contributed by atoms with Gasteiger partial charge >= 0.3 is 12.2 Å². The lowest BCUT2D eigenvalue weighted by molar-refractivity contribution is 0.0129. The van der Waals surface area contributed by atoms with Crippen LogP contribution in [0.2, 0.25) is 0 Å². The second-order valence-corrected chi connectivity index (χ2v) is 7.39. The summed E-state index contributed by atoms with van der Waals surface area (Å²) in [5.41, 5.74) is 5.13. The number of thiocarbonyl (C=S) groups is 1. The second-order valence-electron chi connectivity index (χ2n) is 6.92. The average molecular weight is 345 g/mol. The van der Waals surface area contributed by atoms with Gasteiger partial charge in [0.1, 0.15) is 5.60 Å². The van der Waals surface area contributed by atoms with E-state index >= 15 is 0 Å². The van der Waals surface area contributed by atoms with E-state index in [1.54, 1.807) is 34.6 Å². The van der Waals surface area contributed by atoms with Crippen molar-refractivity contribution in [1.82, 2.24) is 10.2 Å². The summed E-state index contributed by atoms with van der Waals surface area (Å²) in [6.45, 7) is 9.21. The molecular weight excluding hydrogens is 318 g/mol. The standard InChI is InChI=1S/C15H27N3O4S/c1-9(2)21-13(19)17-10-6-7-11(12(16)23)18(8-10)14(20)22-15(3,4)5/h9-11H,6-8H2,1-5H3,(H2,16,23)(H,17,19)/t10?,11-/m0/s1. The lowest BCUT2D eigenvalue weighted by Crippen LogP contribution is -2.58. The highest BCUT2D eigenvalue weighted by Gasteiger charge is 2.36. The summed E-state index contributed by atoms with van der Waals surface area (Å²) < 4.78 is 10.5. The van der Waals surface area contributed by atoms with Gasteiger partial charge in [-0.25, -0.2) is 9.59 Å². The molecular formula is C15H27N3O4S. The first-order valence-electron chi connectivity index (χ1n) is 7.75. The van der Waals surface area contributed by atoms with E-state index in [2.05, 4.69) is 5.32 Å². The Morgan fingerprint density at radius 2 is 1.91 bits per heavy atom. The van der Waals surface area contributed by atoms with Gasteiger partial charge in [-0.1, -0.05) is 12.2 Å². The summed E-state index contributed by atoms with van der Waals surface area (Å²) in [7, 11) is 0. The van der Waals surface area contributed by atoms with E-state index in [0.29, 0.717) is 12.8 Å². The second kappa shape index (κ2) is 7.81. The summed E-state index contributed by atoms with van der Waals surface area (Å²) >= 11 is 5.05. The molecule has 1 heterocycles. The van der Waals surface area contributed by atoms with Crippen LogP contribution in [0.4, 0.5) is 9.59 Å². The zero-order valence-electron chi connectivity index (χ0n) is 14.4. The van der Waals surface area contributed by atoms with Crippen LogP contribution in [0, 0.1) is 0 Å². The largest absolute Gasteiger partial charge is 0.447 e. The number of alkyl carbamates (subject to hydrolysis) is 1. The smallest absolute Gasteiger partial charge is 0.410 e. The molecule has 1 rings (SSSR count). The zero-order chi connectivity index (χ0) is 17.8. The summed E-state index contributed by atoms with van der Waals surface area (Å²) in [5.74, 6) is 0. The maximum absolute atomic E-state index is 12.4. The van der Waals surface area contributed by atoms with Gasteiger partial charge in [0.2, 0.25) is 0 Å². The monoisotopic (exact) mass is 345 g/mol. The number of hydrogen-bond donors (Lipinski definition) is 2. The average Bonchev–Trinajstić information content (AvgIpc) is 2.35. The molecule has 0 aliphatic carbocycles. The van der Waals surface area contributed by atoms with Crippen LogP contribution in [0.25, 0.3) is 0 Å². The number of nitrogens with one attached hydrogen (secondary N) is 1. The molecule has 0 spiro atoms. The molecule has 1 aliphatic rings. The molecule has 132 valence electrons. The van der Waals surface area contributed by atoms with Gasteiger partial charge in [0.05, 0.1) is 23.2 Å². The fraction of sp³-hybridized carbons (Fsp3) is 0.800. The Morgan fingerprint density at radius 3 is 2.39 bits per heavy atom. The van der Waals surface area contributed by atoms with Crippen LogP contribution in [0.3, 0.4) is 0 Å². The lowest BCUT2D eigenvalue weighted by Gasteiger charge is -2.39. The Kier molecular flexibility index (Phi) is 6.61. The summed E-state index contributed by atoms with van der Waals surface area (Å²) in [6, 6.07) is -0.585. The molecule has 1 fully saturated rings. The van der Waals surface area contributed by atoms with Crippen LogP contribution < -0.4 is 11.1 Å². The van der Waals surface area contributed by atoms with Crippen LogP contribution in [-0.4, -0.2) is 52.4 Å². The van der Waals surface area contributed by atoms with Crippen molar-refractivity contribution in [2.24, 2.45) is 5.73 Å². The zero-order valence-corrected chi connectivity index (χ0v) is 15.2. The lowest BCUT2D eigenvalue weighted by atomic mass is 9.98. The molecule has 1 unspecified atom stereocenters. The van der Waals surface area contributed by atoms with Gasteiger partial charge < -0.3 is 20.5 Å². The molecule has 2 atom stereocenters. The van der Waals surface area contributed by atoms with E-state index in [1.165, 1.54) is 4.90 Å². The van der Waals surface area contributed by atoms with Crippen molar-refractivity contribution >= 4 is 29.4 Å². The molecule has 3 N–H and O–H groups in total. The van der Waals surface area contributed by atoms with Gasteiger partial charge in [-0.3, -0.25) is 4.90 Å². The van der Waals surface area contributed by atoms with Gasteiger partial charge in [-0.2, -0.15) is 0 Å². The molecule has 0 radical (unpaired) electrons. The Bertz CT molecular complexity index is 462. The number of carbonyl (C=O) groups is 2. The fourth-order valence-electron chi connectivity index (χ4n) is 2.32. The Hall–Kier alpha value is -1.57. The number of piperidine rings is 1. The molecule has 0 saturated carbocycles. The number of hydrogen-bond acceptors (Lipinski definition) is 5. The number of nitrogens with two attached hydrogens (primary N) is 1. The topological polar surface area (TPSA) is 93.9 Å². The first-order chi connectivity index (χ1) is 10.5. The third-order valence-corrected chi connectivity index (χ3v) is 3.48. The van der Waals surface area contributed by atoms with Crippen LogP contribution >= 0.6 is 12.2 Å². The first kappa shape index (κ1) is 19.5. The van der Waals surface area contributed by atoms with E-state index in [1.807, 2.05) is 0 Å². The van der Waals surface area contributed by atoms with E-state index in [4.69, 9.17) is 27.4 Å². The van der Waals surface area contributed by atoms with Crippen molar-refractivity contribution in [3.63, 3.8) is 0 Å². The quantitative estimate of drug-likeness (QED) is 0.762. The summed E-state index contributed by atoms with van der Waals surface area (Å²) in [6.07, 6.45) is 0.0438. The van der Waals surface area contributed by atoms with E-state index in [0.717, 1.165) is 0 Å². The molecule has 0 aromatic carbocycles. The molecule has 7 nitrogen and oxygen atoms in total. The maximum Gasteiger partial charge on any atom is 0.410 e. The van der Waals surface area contributed by atoms with E-state index in [-0.39, 0.29) is 29.7 Å². The third-order valence-electron chi connectivity index (χ3n) is 3.20. The minimum atomic E-state index is -0.616. The molecule has 0 bridgehead atoms. The molecule has 8 heteroatoms. The van der Waals surface area contributed by atoms with Crippen LogP contribution in [-0.2, 0) is 9.47 Å². The van der Waals surface area contributed by atoms with Crippen molar-refractivity contribution in [3.8, 4) is 0 Å². The SMILES string of the molecule is CC(C)OC(=O)NC1CC[C@@H](C(N)=S)N(C(=O)OC(C)(C)C)C1. The molecule has 0 aromatic heterocycles. The van der Waals surface area contributed by atoms with Crippen molar-refractivity contribution in [2.45, 2.75) is 71.2 Å². The van der Waals surface area contributed by atoms with Crippen molar-refractivity contribution in [3.05, 3.63) is 0 Å². The van der Waals surface area contributed by atoms with Crippen LogP contribution in [0.5, 0.6) is 0 Å².